The smallest absolute Gasteiger partial charge is 0.393 e. The second kappa shape index (κ2) is 7.79. The third-order valence-electron chi connectivity index (χ3n) is 4.60. The fraction of sp³-hybridized carbons (Fsp3) is 0.444. The summed E-state index contributed by atoms with van der Waals surface area (Å²) in [6.45, 7) is 3.26. The number of aliphatic hydroxyl groups is 1. The summed E-state index contributed by atoms with van der Waals surface area (Å²) >= 11 is 6.02. The Morgan fingerprint density at radius 2 is 1.96 bits per heavy atom. The number of nitrogens with zero attached hydrogens (tertiary/aromatic N) is 4. The molecule has 2 aromatic rings. The molecule has 9 heteroatoms. The average molecular weight is 399 g/mol. The molecule has 144 valence electrons. The molecule has 3 rings (SSSR count). The molecule has 1 saturated heterocycles. The number of aliphatic hydroxyl groups excluding tert-OH is 1. The number of piperidine rings is 1. The molecule has 1 N–H and O–H groups in total. The molecule has 0 spiro atoms. The zero-order valence-corrected chi connectivity index (χ0v) is 15.3. The van der Waals surface area contributed by atoms with Crippen LogP contribution >= 0.6 is 11.6 Å². The second-order valence-electron chi connectivity index (χ2n) is 6.48. The Morgan fingerprint density at radius 3 is 2.56 bits per heavy atom. The SMILES string of the molecule is CC(O)C1CCN(c2cc(Cl)ncc2C#Cc2cnn(C(F)(F)F)c2)CC1. The minimum absolute atomic E-state index is 0.0845. The van der Waals surface area contributed by atoms with Gasteiger partial charge in [-0.2, -0.15) is 9.78 Å². The Hall–Kier alpha value is -2.24. The van der Waals surface area contributed by atoms with Gasteiger partial charge in [0.1, 0.15) is 5.15 Å². The van der Waals surface area contributed by atoms with Gasteiger partial charge < -0.3 is 10.0 Å². The van der Waals surface area contributed by atoms with E-state index in [2.05, 4.69) is 26.8 Å². The number of hydrogen-bond donors (Lipinski definition) is 1. The summed E-state index contributed by atoms with van der Waals surface area (Å²) in [5.74, 6) is 5.82. The number of pyridine rings is 1. The predicted octanol–water partition coefficient (Wildman–Crippen LogP) is 3.40. The average Bonchev–Trinajstić information content (AvgIpc) is 3.10. The van der Waals surface area contributed by atoms with E-state index in [1.54, 1.807) is 13.0 Å². The van der Waals surface area contributed by atoms with Crippen LogP contribution in [0.4, 0.5) is 18.9 Å². The Labute approximate surface area is 159 Å². The summed E-state index contributed by atoms with van der Waals surface area (Å²) in [5.41, 5.74) is 1.52. The molecule has 27 heavy (non-hydrogen) atoms. The molecule has 5 nitrogen and oxygen atoms in total. The zero-order chi connectivity index (χ0) is 19.6. The van der Waals surface area contributed by atoms with E-state index in [0.29, 0.717) is 10.7 Å². The molecule has 1 aliphatic heterocycles. The lowest BCUT2D eigenvalue weighted by Crippen LogP contribution is -2.37. The lowest BCUT2D eigenvalue weighted by Gasteiger charge is -2.35. The van der Waals surface area contributed by atoms with E-state index in [4.69, 9.17) is 11.6 Å². The molecule has 0 radical (unpaired) electrons. The minimum Gasteiger partial charge on any atom is -0.393 e. The second-order valence-corrected chi connectivity index (χ2v) is 6.87. The maximum Gasteiger partial charge on any atom is 0.504 e. The van der Waals surface area contributed by atoms with E-state index in [9.17, 15) is 18.3 Å². The largest absolute Gasteiger partial charge is 0.504 e. The van der Waals surface area contributed by atoms with Crippen molar-refractivity contribution >= 4 is 17.3 Å². The standard InChI is InChI=1S/C18H18ClF3N4O/c1-12(27)14-4-6-25(7-5-14)16-8-17(19)23-10-15(16)3-2-13-9-24-26(11-13)18(20,21)22/h8-12,14,27H,4-7H2,1H3. The van der Waals surface area contributed by atoms with Crippen LogP contribution in [0.25, 0.3) is 0 Å². The first kappa shape index (κ1) is 19.5. The van der Waals surface area contributed by atoms with E-state index in [1.165, 1.54) is 6.20 Å². The minimum atomic E-state index is -4.57. The number of alkyl halides is 3. The summed E-state index contributed by atoms with van der Waals surface area (Å²) in [6.07, 6.45) is 0.173. The molecule has 1 unspecified atom stereocenters. The summed E-state index contributed by atoms with van der Waals surface area (Å²) < 4.78 is 37.7. The van der Waals surface area contributed by atoms with Crippen molar-refractivity contribution in [2.24, 2.45) is 5.92 Å². The first-order valence-corrected chi connectivity index (χ1v) is 8.84. The monoisotopic (exact) mass is 398 g/mol. The lowest BCUT2D eigenvalue weighted by molar-refractivity contribution is -0.212. The first-order chi connectivity index (χ1) is 12.7. The van der Waals surface area contributed by atoms with E-state index >= 15 is 0 Å². The fourth-order valence-electron chi connectivity index (χ4n) is 3.07. The van der Waals surface area contributed by atoms with Gasteiger partial charge in [0.2, 0.25) is 0 Å². The summed E-state index contributed by atoms with van der Waals surface area (Å²) in [4.78, 5) is 6.14. The maximum atomic E-state index is 12.6. The number of anilines is 1. The quantitative estimate of drug-likeness (QED) is 0.622. The van der Waals surface area contributed by atoms with Gasteiger partial charge in [-0.15, -0.1) is 13.2 Å². The normalized spacial score (nSPS) is 16.7. The molecule has 1 fully saturated rings. The molecule has 0 amide bonds. The van der Waals surface area contributed by atoms with Crippen LogP contribution in [0.2, 0.25) is 5.15 Å². The van der Waals surface area contributed by atoms with Crippen molar-refractivity contribution in [2.45, 2.75) is 32.2 Å². The number of aromatic nitrogens is 3. The number of hydrogen-bond acceptors (Lipinski definition) is 4. The van der Waals surface area contributed by atoms with Gasteiger partial charge in [0.05, 0.1) is 29.1 Å². The highest BCUT2D eigenvalue weighted by molar-refractivity contribution is 6.29. The van der Waals surface area contributed by atoms with Gasteiger partial charge in [0.15, 0.2) is 0 Å². The van der Waals surface area contributed by atoms with Crippen molar-refractivity contribution in [3.63, 3.8) is 0 Å². The van der Waals surface area contributed by atoms with Gasteiger partial charge in [-0.1, -0.05) is 23.4 Å². The Morgan fingerprint density at radius 1 is 1.26 bits per heavy atom. The molecule has 0 aliphatic carbocycles. The Kier molecular flexibility index (Phi) is 5.63. The van der Waals surface area contributed by atoms with Gasteiger partial charge in [-0.05, 0) is 25.7 Å². The summed E-state index contributed by atoms with van der Waals surface area (Å²) in [7, 11) is 0. The molecule has 0 saturated carbocycles. The van der Waals surface area contributed by atoms with Crippen LogP contribution in [0.5, 0.6) is 0 Å². The molecular weight excluding hydrogens is 381 g/mol. The highest BCUT2D eigenvalue weighted by Gasteiger charge is 2.31. The van der Waals surface area contributed by atoms with Gasteiger partial charge in [-0.25, -0.2) is 4.98 Å². The zero-order valence-electron chi connectivity index (χ0n) is 14.5. The molecule has 2 aromatic heterocycles. The summed E-state index contributed by atoms with van der Waals surface area (Å²) in [5, 5.41) is 13.3. The molecular formula is C18H18ClF3N4O. The van der Waals surface area contributed by atoms with Crippen LogP contribution in [0.3, 0.4) is 0 Å². The van der Waals surface area contributed by atoms with E-state index in [-0.39, 0.29) is 22.3 Å². The van der Waals surface area contributed by atoms with Crippen molar-refractivity contribution < 1.29 is 18.3 Å². The number of halogens is 4. The summed E-state index contributed by atoms with van der Waals surface area (Å²) in [6, 6.07) is 1.70. The number of rotatable bonds is 2. The molecule has 0 aromatic carbocycles. The third-order valence-corrected chi connectivity index (χ3v) is 4.80. The van der Waals surface area contributed by atoms with Crippen molar-refractivity contribution in [1.82, 2.24) is 14.8 Å². The molecule has 3 heterocycles. The van der Waals surface area contributed by atoms with Crippen LogP contribution in [0.15, 0.2) is 24.7 Å². The predicted molar refractivity (Wildman–Crippen MR) is 95.4 cm³/mol. The van der Waals surface area contributed by atoms with Gasteiger partial charge in [0.25, 0.3) is 0 Å². The first-order valence-electron chi connectivity index (χ1n) is 8.46. The highest BCUT2D eigenvalue weighted by Crippen LogP contribution is 2.29. The van der Waals surface area contributed by atoms with Gasteiger partial charge in [-0.3, -0.25) is 0 Å². The van der Waals surface area contributed by atoms with Crippen LogP contribution in [-0.2, 0) is 6.30 Å². The lowest BCUT2D eigenvalue weighted by atomic mass is 9.92. The van der Waals surface area contributed by atoms with Crippen LogP contribution < -0.4 is 4.90 Å². The Bertz CT molecular complexity index is 861. The highest BCUT2D eigenvalue weighted by atomic mass is 35.5. The fourth-order valence-corrected chi connectivity index (χ4v) is 3.22. The van der Waals surface area contributed by atoms with Crippen LogP contribution in [-0.4, -0.2) is 39.1 Å². The molecule has 1 aliphatic rings. The van der Waals surface area contributed by atoms with Gasteiger partial charge in [0, 0.05) is 31.5 Å². The van der Waals surface area contributed by atoms with E-state index in [1.807, 2.05) is 0 Å². The van der Waals surface area contributed by atoms with Crippen molar-refractivity contribution in [3.05, 3.63) is 40.9 Å². The van der Waals surface area contributed by atoms with E-state index < -0.39 is 6.30 Å². The Balaban J connectivity index is 1.83. The molecule has 1 atom stereocenters. The van der Waals surface area contributed by atoms with Crippen molar-refractivity contribution in [1.29, 1.82) is 0 Å². The topological polar surface area (TPSA) is 54.2 Å². The van der Waals surface area contributed by atoms with Crippen LogP contribution in [0.1, 0.15) is 30.9 Å². The van der Waals surface area contributed by atoms with Crippen molar-refractivity contribution in [2.75, 3.05) is 18.0 Å². The van der Waals surface area contributed by atoms with Crippen molar-refractivity contribution in [3.8, 4) is 11.8 Å². The molecule has 0 bridgehead atoms. The maximum absolute atomic E-state index is 12.6. The van der Waals surface area contributed by atoms with Gasteiger partial charge >= 0.3 is 6.30 Å². The van der Waals surface area contributed by atoms with Crippen LogP contribution in [0, 0.1) is 17.8 Å². The third kappa shape index (κ3) is 4.73. The van der Waals surface area contributed by atoms with E-state index in [0.717, 1.165) is 44.0 Å².